The first-order valence-electron chi connectivity index (χ1n) is 5.80. The van der Waals surface area contributed by atoms with Gasteiger partial charge in [-0.25, -0.2) is 0 Å². The van der Waals surface area contributed by atoms with Gasteiger partial charge in [-0.05, 0) is 44.7 Å². The first-order valence-corrected chi connectivity index (χ1v) is 5.80. The topological polar surface area (TPSA) is 15.3 Å². The van der Waals surface area contributed by atoms with E-state index in [1.54, 1.807) is 0 Å². The predicted octanol–water partition coefficient (Wildman–Crippen LogP) is 1.47. The van der Waals surface area contributed by atoms with Crippen molar-refractivity contribution in [2.75, 3.05) is 26.2 Å². The van der Waals surface area contributed by atoms with Gasteiger partial charge in [-0.15, -0.1) is 0 Å². The molecule has 2 rings (SSSR count). The largest absolute Gasteiger partial charge is 0.313 e. The van der Waals surface area contributed by atoms with E-state index in [1.165, 1.54) is 51.9 Å². The van der Waals surface area contributed by atoms with Crippen molar-refractivity contribution < 1.29 is 0 Å². The zero-order chi connectivity index (χ0) is 9.10. The zero-order valence-electron chi connectivity index (χ0n) is 8.76. The van der Waals surface area contributed by atoms with Gasteiger partial charge >= 0.3 is 0 Å². The van der Waals surface area contributed by atoms with Crippen molar-refractivity contribution in [2.45, 2.75) is 38.6 Å². The van der Waals surface area contributed by atoms with Crippen LogP contribution in [0.25, 0.3) is 0 Å². The molecule has 76 valence electrons. The van der Waals surface area contributed by atoms with E-state index in [0.29, 0.717) is 0 Å². The summed E-state index contributed by atoms with van der Waals surface area (Å²) in [5.74, 6) is 0.926. The minimum Gasteiger partial charge on any atom is -0.313 e. The Morgan fingerprint density at radius 2 is 2.23 bits per heavy atom. The molecule has 1 N–H and O–H groups in total. The van der Waals surface area contributed by atoms with E-state index in [-0.39, 0.29) is 0 Å². The summed E-state index contributed by atoms with van der Waals surface area (Å²) in [4.78, 5) is 2.65. The molecule has 0 aromatic carbocycles. The van der Waals surface area contributed by atoms with Gasteiger partial charge in [0.2, 0.25) is 0 Å². The van der Waals surface area contributed by atoms with Crippen molar-refractivity contribution in [1.82, 2.24) is 10.2 Å². The van der Waals surface area contributed by atoms with Gasteiger partial charge in [0.15, 0.2) is 0 Å². The van der Waals surface area contributed by atoms with Crippen molar-refractivity contribution >= 4 is 0 Å². The molecule has 0 radical (unpaired) electrons. The van der Waals surface area contributed by atoms with Crippen LogP contribution in [0.1, 0.15) is 32.6 Å². The van der Waals surface area contributed by atoms with Crippen LogP contribution in [-0.2, 0) is 0 Å². The second-order valence-corrected chi connectivity index (χ2v) is 4.80. The summed E-state index contributed by atoms with van der Waals surface area (Å²) in [5, 5.41) is 3.58. The van der Waals surface area contributed by atoms with E-state index in [0.717, 1.165) is 12.0 Å². The molecule has 0 aromatic rings. The van der Waals surface area contributed by atoms with Gasteiger partial charge in [-0.1, -0.05) is 6.92 Å². The molecule has 2 atom stereocenters. The third-order valence-electron chi connectivity index (χ3n) is 3.38. The fourth-order valence-corrected chi connectivity index (χ4v) is 2.68. The van der Waals surface area contributed by atoms with Crippen molar-refractivity contribution in [3.63, 3.8) is 0 Å². The van der Waals surface area contributed by atoms with Crippen LogP contribution in [0.2, 0.25) is 0 Å². The molecule has 2 nitrogen and oxygen atoms in total. The van der Waals surface area contributed by atoms with Crippen LogP contribution in [-0.4, -0.2) is 37.1 Å². The minimum absolute atomic E-state index is 0.797. The standard InChI is InChI=1S/C11H22N2/c1-10-4-3-7-13(8-10)9-11-5-2-6-12-11/h10-12H,2-9H2,1H3/t10?,11-/m1/s1. The third-order valence-corrected chi connectivity index (χ3v) is 3.38. The number of nitrogens with zero attached hydrogens (tertiary/aromatic N) is 1. The zero-order valence-corrected chi connectivity index (χ0v) is 8.76. The van der Waals surface area contributed by atoms with Crippen molar-refractivity contribution in [1.29, 1.82) is 0 Å². The van der Waals surface area contributed by atoms with Crippen LogP contribution in [0.5, 0.6) is 0 Å². The highest BCUT2D eigenvalue weighted by atomic mass is 15.2. The first-order chi connectivity index (χ1) is 6.34. The molecule has 2 heterocycles. The fourth-order valence-electron chi connectivity index (χ4n) is 2.68. The highest BCUT2D eigenvalue weighted by molar-refractivity contribution is 4.80. The Labute approximate surface area is 81.7 Å². The molecule has 0 amide bonds. The minimum atomic E-state index is 0.797. The highest BCUT2D eigenvalue weighted by Gasteiger charge is 2.21. The van der Waals surface area contributed by atoms with Gasteiger partial charge in [0, 0.05) is 19.1 Å². The molecule has 0 bridgehead atoms. The molecule has 2 heteroatoms. The number of hydrogen-bond donors (Lipinski definition) is 1. The van der Waals surface area contributed by atoms with Crippen LogP contribution < -0.4 is 5.32 Å². The molecular weight excluding hydrogens is 160 g/mol. The Hall–Kier alpha value is -0.0800. The lowest BCUT2D eigenvalue weighted by Gasteiger charge is -2.32. The van der Waals surface area contributed by atoms with Gasteiger partial charge in [0.05, 0.1) is 0 Å². The van der Waals surface area contributed by atoms with Crippen molar-refractivity contribution in [2.24, 2.45) is 5.92 Å². The Morgan fingerprint density at radius 3 is 2.92 bits per heavy atom. The SMILES string of the molecule is CC1CCCN(C[C@H]2CCCN2)C1. The molecule has 13 heavy (non-hydrogen) atoms. The number of likely N-dealkylation sites (tertiary alicyclic amines) is 1. The van der Waals surface area contributed by atoms with Crippen molar-refractivity contribution in [3.8, 4) is 0 Å². The molecule has 2 saturated heterocycles. The summed E-state index contributed by atoms with van der Waals surface area (Å²) in [6, 6.07) is 0.797. The highest BCUT2D eigenvalue weighted by Crippen LogP contribution is 2.17. The number of rotatable bonds is 2. The summed E-state index contributed by atoms with van der Waals surface area (Å²) >= 11 is 0. The average Bonchev–Trinajstić information content (AvgIpc) is 2.57. The molecule has 0 aromatic heterocycles. The van der Waals surface area contributed by atoms with E-state index in [9.17, 15) is 0 Å². The lowest BCUT2D eigenvalue weighted by atomic mass is 10.00. The third kappa shape index (κ3) is 2.68. The lowest BCUT2D eigenvalue weighted by Crippen LogP contribution is -2.42. The monoisotopic (exact) mass is 182 g/mol. The molecule has 2 aliphatic heterocycles. The number of hydrogen-bond acceptors (Lipinski definition) is 2. The quantitative estimate of drug-likeness (QED) is 0.695. The summed E-state index contributed by atoms with van der Waals surface area (Å²) in [6.07, 6.45) is 5.63. The van der Waals surface area contributed by atoms with Gasteiger partial charge in [0.25, 0.3) is 0 Å². The molecule has 2 fully saturated rings. The second kappa shape index (κ2) is 4.43. The molecule has 1 unspecified atom stereocenters. The molecule has 0 spiro atoms. The summed E-state index contributed by atoms with van der Waals surface area (Å²) in [6.45, 7) is 7.59. The Kier molecular flexibility index (Phi) is 3.23. The van der Waals surface area contributed by atoms with E-state index >= 15 is 0 Å². The molecule has 0 aliphatic carbocycles. The Balaban J connectivity index is 1.73. The smallest absolute Gasteiger partial charge is 0.0195 e. The van der Waals surface area contributed by atoms with Crippen LogP contribution in [0.4, 0.5) is 0 Å². The van der Waals surface area contributed by atoms with Crippen LogP contribution in [0.15, 0.2) is 0 Å². The molecular formula is C11H22N2. The fraction of sp³-hybridized carbons (Fsp3) is 1.00. The van der Waals surface area contributed by atoms with Gasteiger partial charge in [0.1, 0.15) is 0 Å². The lowest BCUT2D eigenvalue weighted by molar-refractivity contribution is 0.170. The number of piperidine rings is 1. The maximum absolute atomic E-state index is 3.58. The Bertz CT molecular complexity index is 152. The normalized spacial score (nSPS) is 36.7. The average molecular weight is 182 g/mol. The van der Waals surface area contributed by atoms with Crippen LogP contribution in [0.3, 0.4) is 0 Å². The van der Waals surface area contributed by atoms with Crippen LogP contribution in [0, 0.1) is 5.92 Å². The maximum atomic E-state index is 3.58. The Morgan fingerprint density at radius 1 is 1.31 bits per heavy atom. The molecule has 2 aliphatic rings. The summed E-state index contributed by atoms with van der Waals surface area (Å²) in [7, 11) is 0. The van der Waals surface area contributed by atoms with Crippen molar-refractivity contribution in [3.05, 3.63) is 0 Å². The molecule has 0 saturated carbocycles. The van der Waals surface area contributed by atoms with E-state index in [4.69, 9.17) is 0 Å². The van der Waals surface area contributed by atoms with Gasteiger partial charge in [-0.2, -0.15) is 0 Å². The van der Waals surface area contributed by atoms with Crippen LogP contribution >= 0.6 is 0 Å². The van der Waals surface area contributed by atoms with Gasteiger partial charge in [-0.3, -0.25) is 0 Å². The summed E-state index contributed by atoms with van der Waals surface area (Å²) < 4.78 is 0. The van der Waals surface area contributed by atoms with E-state index in [1.807, 2.05) is 0 Å². The first kappa shape index (κ1) is 9.47. The van der Waals surface area contributed by atoms with E-state index < -0.39 is 0 Å². The van der Waals surface area contributed by atoms with E-state index in [2.05, 4.69) is 17.1 Å². The predicted molar refractivity (Wildman–Crippen MR) is 55.9 cm³/mol. The van der Waals surface area contributed by atoms with Gasteiger partial charge < -0.3 is 10.2 Å². The number of nitrogens with one attached hydrogen (secondary N) is 1. The second-order valence-electron chi connectivity index (χ2n) is 4.80. The summed E-state index contributed by atoms with van der Waals surface area (Å²) in [5.41, 5.74) is 0. The maximum Gasteiger partial charge on any atom is 0.0195 e.